The lowest BCUT2D eigenvalue weighted by Gasteiger charge is -2.34. The summed E-state index contributed by atoms with van der Waals surface area (Å²) in [4.78, 5) is 93.6. The molecule has 1 heterocycles. The molecule has 300 valence electrons. The molecule has 2 aliphatic rings. The van der Waals surface area contributed by atoms with Crippen molar-refractivity contribution in [2.75, 3.05) is 19.7 Å². The number of likely N-dealkylation sites (tertiary alicyclic amines) is 1. The second kappa shape index (κ2) is 19.7. The monoisotopic (exact) mass is 757 g/mol. The Kier molecular flexibility index (Phi) is 16.0. The van der Waals surface area contributed by atoms with Crippen molar-refractivity contribution in [3.63, 3.8) is 0 Å². The van der Waals surface area contributed by atoms with Gasteiger partial charge in [-0.3, -0.25) is 24.0 Å². The highest BCUT2D eigenvalue weighted by Crippen LogP contribution is 2.31. The number of benzene rings is 1. The van der Waals surface area contributed by atoms with E-state index < -0.39 is 83.9 Å². The molecule has 5 unspecified atom stereocenters. The third kappa shape index (κ3) is 13.7. The van der Waals surface area contributed by atoms with Gasteiger partial charge in [0.15, 0.2) is 6.04 Å². The Bertz CT molecular complexity index is 1480. The molecule has 54 heavy (non-hydrogen) atoms. The number of nitrogens with one attached hydrogen (secondary N) is 4. The molecule has 0 radical (unpaired) electrons. The van der Waals surface area contributed by atoms with Gasteiger partial charge in [-0.25, -0.2) is 9.59 Å². The Morgan fingerprint density at radius 3 is 2.13 bits per heavy atom. The Morgan fingerprint density at radius 1 is 0.907 bits per heavy atom. The van der Waals surface area contributed by atoms with E-state index in [1.54, 1.807) is 25.1 Å². The lowest BCUT2D eigenvalue weighted by atomic mass is 9.83. The first-order valence-electron chi connectivity index (χ1n) is 18.9. The summed E-state index contributed by atoms with van der Waals surface area (Å²) in [5.41, 5.74) is -0.569. The van der Waals surface area contributed by atoms with Crippen molar-refractivity contribution in [2.24, 2.45) is 11.3 Å². The normalized spacial score (nSPS) is 19.5. The van der Waals surface area contributed by atoms with Crippen molar-refractivity contribution in [1.82, 2.24) is 26.2 Å². The largest absolute Gasteiger partial charge is 0.479 e. The number of ether oxygens (including phenoxy) is 2. The molecule has 0 spiro atoms. The van der Waals surface area contributed by atoms with E-state index in [1.807, 2.05) is 41.5 Å². The number of carboxylic acids is 1. The van der Waals surface area contributed by atoms with Crippen molar-refractivity contribution >= 4 is 41.5 Å². The van der Waals surface area contributed by atoms with Gasteiger partial charge >= 0.3 is 12.1 Å². The van der Waals surface area contributed by atoms with Crippen molar-refractivity contribution in [3.8, 4) is 0 Å². The molecule has 15 heteroatoms. The van der Waals surface area contributed by atoms with Gasteiger partial charge in [-0.05, 0) is 56.9 Å². The number of nitrogens with zero attached hydrogens (tertiary/aromatic N) is 1. The Balaban J connectivity index is 1.76. The number of hydrogen-bond donors (Lipinski definition) is 5. The summed E-state index contributed by atoms with van der Waals surface area (Å²) in [6, 6.07) is 3.33. The Morgan fingerprint density at radius 2 is 1.56 bits per heavy atom. The van der Waals surface area contributed by atoms with E-state index in [4.69, 9.17) is 9.47 Å². The van der Waals surface area contributed by atoms with Gasteiger partial charge in [0.1, 0.15) is 12.1 Å². The average molecular weight is 758 g/mol. The summed E-state index contributed by atoms with van der Waals surface area (Å²) in [6.45, 7) is 12.7. The van der Waals surface area contributed by atoms with E-state index >= 15 is 0 Å². The second-order valence-electron chi connectivity index (χ2n) is 16.4. The minimum atomic E-state index is -1.37. The molecule has 1 saturated heterocycles. The van der Waals surface area contributed by atoms with E-state index in [1.165, 1.54) is 17.0 Å². The predicted octanol–water partition coefficient (Wildman–Crippen LogP) is 3.40. The van der Waals surface area contributed by atoms with E-state index in [2.05, 4.69) is 21.3 Å². The van der Waals surface area contributed by atoms with Gasteiger partial charge in [0.2, 0.25) is 23.5 Å². The molecule has 2 fully saturated rings. The van der Waals surface area contributed by atoms with E-state index in [0.717, 1.165) is 19.3 Å². The zero-order valence-corrected chi connectivity index (χ0v) is 32.7. The smallest absolute Gasteiger partial charge is 0.407 e. The molecule has 1 aromatic rings. The maximum atomic E-state index is 14.4. The summed E-state index contributed by atoms with van der Waals surface area (Å²) in [7, 11) is 0. The lowest BCUT2D eigenvalue weighted by molar-refractivity contribution is -0.144. The first kappa shape index (κ1) is 43.9. The van der Waals surface area contributed by atoms with E-state index in [0.29, 0.717) is 24.8 Å². The zero-order chi connectivity index (χ0) is 40.2. The molecule has 0 aromatic heterocycles. The van der Waals surface area contributed by atoms with Crippen LogP contribution in [0.1, 0.15) is 111 Å². The third-order valence-electron chi connectivity index (χ3n) is 9.19. The van der Waals surface area contributed by atoms with Crippen molar-refractivity contribution in [2.45, 2.75) is 136 Å². The fourth-order valence-electron chi connectivity index (χ4n) is 6.73. The number of ketones is 1. The molecule has 1 saturated carbocycles. The molecular formula is C39H59N5O10. The minimum Gasteiger partial charge on any atom is -0.479 e. The highest BCUT2D eigenvalue weighted by molar-refractivity contribution is 6.38. The first-order chi connectivity index (χ1) is 25.3. The van der Waals surface area contributed by atoms with Crippen LogP contribution in [0.15, 0.2) is 30.3 Å². The Labute approximate surface area is 318 Å². The number of Topliss-reactive ketones (excluding diaryl/α,β-unsaturated/α-hetero) is 1. The summed E-state index contributed by atoms with van der Waals surface area (Å²) < 4.78 is 11.7. The van der Waals surface area contributed by atoms with Gasteiger partial charge in [0, 0.05) is 13.0 Å². The summed E-state index contributed by atoms with van der Waals surface area (Å²) >= 11 is 0. The van der Waals surface area contributed by atoms with Crippen molar-refractivity contribution < 1.29 is 48.1 Å². The molecule has 0 bridgehead atoms. The summed E-state index contributed by atoms with van der Waals surface area (Å²) in [6.07, 6.45) is 3.60. The molecule has 1 aliphatic heterocycles. The van der Waals surface area contributed by atoms with Crippen LogP contribution in [0, 0.1) is 11.3 Å². The van der Waals surface area contributed by atoms with Crippen LogP contribution in [0.2, 0.25) is 0 Å². The zero-order valence-electron chi connectivity index (χ0n) is 32.7. The van der Waals surface area contributed by atoms with Crippen LogP contribution in [0.25, 0.3) is 0 Å². The van der Waals surface area contributed by atoms with Crippen LogP contribution in [-0.2, 0) is 38.2 Å². The van der Waals surface area contributed by atoms with Crippen LogP contribution in [-0.4, -0.2) is 101 Å². The topological polar surface area (TPSA) is 210 Å². The third-order valence-corrected chi connectivity index (χ3v) is 9.19. The van der Waals surface area contributed by atoms with Gasteiger partial charge in [-0.15, -0.1) is 0 Å². The van der Waals surface area contributed by atoms with Gasteiger partial charge in [0.25, 0.3) is 5.91 Å². The number of aliphatic carboxylic acids is 1. The number of hydrogen-bond acceptors (Lipinski definition) is 9. The highest BCUT2D eigenvalue weighted by atomic mass is 16.5. The number of carbonyl (C=O) groups excluding carboxylic acids is 6. The molecule has 15 nitrogen and oxygen atoms in total. The molecule has 3 rings (SSSR count). The molecular weight excluding hydrogens is 698 g/mol. The maximum Gasteiger partial charge on any atom is 0.407 e. The predicted molar refractivity (Wildman–Crippen MR) is 199 cm³/mol. The quantitative estimate of drug-likeness (QED) is 0.155. The molecule has 5 N–H and O–H groups in total. The second-order valence-corrected chi connectivity index (χ2v) is 16.4. The van der Waals surface area contributed by atoms with E-state index in [-0.39, 0.29) is 37.3 Å². The van der Waals surface area contributed by atoms with Crippen LogP contribution >= 0.6 is 0 Å². The van der Waals surface area contributed by atoms with Crippen LogP contribution in [0.4, 0.5) is 4.79 Å². The molecule has 1 aromatic carbocycles. The van der Waals surface area contributed by atoms with Gasteiger partial charge in [-0.1, -0.05) is 83.7 Å². The number of carboxylic acid groups (broad SMARTS) is 1. The first-order valence-corrected chi connectivity index (χ1v) is 18.9. The highest BCUT2D eigenvalue weighted by Gasteiger charge is 2.46. The number of alkyl carbamates (subject to hydrolysis) is 1. The minimum absolute atomic E-state index is 0.0679. The standard InChI is InChI=1S/C39H59N5O10/c1-8-15-27(32(46)34(48)40-21-29(45)42-31(36(50)51)25-18-13-10-14-19-25)41-33(47)28-20-26(54-39(5,6)7)22-44(28)35(49)30(24-16-11-9-12-17-24)43-37(52)53-23-38(2,3)4/h10,13-14,18-19,24,26-28,30-31H,8-9,11-12,15-17,20-23H2,1-7H3,(H,40,48)(H,41,47)(H,42,45)(H,43,52)(H,50,51). The van der Waals surface area contributed by atoms with Gasteiger partial charge in [-0.2, -0.15) is 0 Å². The average Bonchev–Trinajstić information content (AvgIpc) is 3.53. The number of rotatable bonds is 16. The van der Waals surface area contributed by atoms with Crippen LogP contribution < -0.4 is 21.3 Å². The van der Waals surface area contributed by atoms with Crippen molar-refractivity contribution in [1.29, 1.82) is 0 Å². The fraction of sp³-hybridized carbons (Fsp3) is 0.667. The SMILES string of the molecule is CCCC(NC(=O)C1CC(OC(C)(C)C)CN1C(=O)C(NC(=O)OCC(C)(C)C)C1CCCCC1)C(=O)C(=O)NCC(=O)NC(C(=O)O)c1ccccc1. The van der Waals surface area contributed by atoms with Crippen LogP contribution in [0.3, 0.4) is 0 Å². The molecule has 5 atom stereocenters. The number of carbonyl (C=O) groups is 7. The molecule has 5 amide bonds. The molecule has 1 aliphatic carbocycles. The van der Waals surface area contributed by atoms with Gasteiger partial charge < -0.3 is 40.7 Å². The number of amides is 5. The van der Waals surface area contributed by atoms with Crippen molar-refractivity contribution in [3.05, 3.63) is 35.9 Å². The summed E-state index contributed by atoms with van der Waals surface area (Å²) in [5, 5.41) is 19.6. The maximum absolute atomic E-state index is 14.4. The Hall–Kier alpha value is -4.53. The van der Waals surface area contributed by atoms with Crippen LogP contribution in [0.5, 0.6) is 0 Å². The lowest BCUT2D eigenvalue weighted by Crippen LogP contribution is -2.58. The van der Waals surface area contributed by atoms with Gasteiger partial charge in [0.05, 0.1) is 30.9 Å². The fourth-order valence-corrected chi connectivity index (χ4v) is 6.73. The summed E-state index contributed by atoms with van der Waals surface area (Å²) in [5.74, 6) is -5.57. The van der Waals surface area contributed by atoms with E-state index in [9.17, 15) is 38.7 Å².